The second-order valence-electron chi connectivity index (χ2n) is 3.47. The summed E-state index contributed by atoms with van der Waals surface area (Å²) in [7, 11) is 0. The Morgan fingerprint density at radius 3 is 3.31 bits per heavy atom. The van der Waals surface area contributed by atoms with E-state index in [1.165, 1.54) is 10.6 Å². The number of rotatable bonds is 1. The van der Waals surface area contributed by atoms with Crippen molar-refractivity contribution < 1.29 is 0 Å². The quantitative estimate of drug-likeness (QED) is 0.687. The molecule has 0 bridgehead atoms. The van der Waals surface area contributed by atoms with Crippen LogP contribution in [0.5, 0.6) is 0 Å². The third-order valence-electron chi connectivity index (χ3n) is 2.38. The maximum atomic E-state index is 3.43. The number of allylic oxidation sites excluding steroid dienone is 3. The molecule has 0 amide bonds. The average molecular weight is 193 g/mol. The van der Waals surface area contributed by atoms with Gasteiger partial charge in [0.1, 0.15) is 0 Å². The molecule has 1 aliphatic carbocycles. The summed E-state index contributed by atoms with van der Waals surface area (Å²) < 4.78 is 0. The summed E-state index contributed by atoms with van der Waals surface area (Å²) in [6.45, 7) is 5.45. The highest BCUT2D eigenvalue weighted by atomic mass is 32.2. The second-order valence-corrected chi connectivity index (χ2v) is 4.55. The minimum Gasteiger partial charge on any atom is -0.376 e. The Morgan fingerprint density at radius 2 is 2.54 bits per heavy atom. The summed E-state index contributed by atoms with van der Waals surface area (Å²) in [5.74, 6) is 0.627. The van der Waals surface area contributed by atoms with Crippen LogP contribution in [0, 0.1) is 5.92 Å². The predicted molar refractivity (Wildman–Crippen MR) is 59.3 cm³/mol. The minimum absolute atomic E-state index is 0.627. The van der Waals surface area contributed by atoms with Crippen molar-refractivity contribution >= 4 is 11.8 Å². The largest absolute Gasteiger partial charge is 0.376 e. The highest BCUT2D eigenvalue weighted by Gasteiger charge is 2.21. The zero-order valence-electron chi connectivity index (χ0n) is 8.13. The van der Waals surface area contributed by atoms with E-state index in [9.17, 15) is 0 Å². The fraction of sp³-hybridized carbons (Fsp3) is 0.455. The van der Waals surface area contributed by atoms with E-state index in [2.05, 4.69) is 37.4 Å². The molecule has 0 fully saturated rings. The molecule has 1 N–H and O–H groups in total. The van der Waals surface area contributed by atoms with Crippen molar-refractivity contribution in [2.75, 3.05) is 6.54 Å². The molecule has 1 nitrogen and oxygen atoms in total. The predicted octanol–water partition coefficient (Wildman–Crippen LogP) is 3.03. The molecule has 0 aromatic heterocycles. The van der Waals surface area contributed by atoms with Gasteiger partial charge in [0.05, 0.1) is 5.03 Å². The van der Waals surface area contributed by atoms with E-state index in [4.69, 9.17) is 0 Å². The van der Waals surface area contributed by atoms with Crippen LogP contribution in [0.2, 0.25) is 0 Å². The zero-order chi connectivity index (χ0) is 9.26. The molecule has 1 unspecified atom stereocenters. The number of thioether (sulfide) groups is 1. The monoisotopic (exact) mass is 193 g/mol. The lowest BCUT2D eigenvalue weighted by Crippen LogP contribution is -2.19. The number of nitrogens with one attached hydrogen (secondary N) is 1. The Labute approximate surface area is 84.0 Å². The molecule has 0 aromatic carbocycles. The Hall–Kier alpha value is -0.630. The van der Waals surface area contributed by atoms with Gasteiger partial charge in [-0.15, -0.1) is 0 Å². The molecule has 1 aliphatic heterocycles. The van der Waals surface area contributed by atoms with E-state index < -0.39 is 0 Å². The average Bonchev–Trinajstić information content (AvgIpc) is 2.49. The Bertz CT molecular complexity index is 299. The molecule has 70 valence electrons. The van der Waals surface area contributed by atoms with Crippen molar-refractivity contribution in [1.82, 2.24) is 5.32 Å². The third kappa shape index (κ3) is 1.68. The van der Waals surface area contributed by atoms with Crippen LogP contribution in [0.4, 0.5) is 0 Å². The van der Waals surface area contributed by atoms with Crippen LogP contribution in [0.1, 0.15) is 20.3 Å². The van der Waals surface area contributed by atoms with E-state index in [0.717, 1.165) is 13.0 Å². The standard InChI is InChI=1S/C11H15NS/c1-3-4-10-12-7-9-6-5-8(2)11(9)13-10/h4-6,8,12H,3,7H2,1-2H3/b10-4+. The summed E-state index contributed by atoms with van der Waals surface area (Å²) >= 11 is 1.90. The Balaban J connectivity index is 2.16. The van der Waals surface area contributed by atoms with Gasteiger partial charge in [-0.1, -0.05) is 43.8 Å². The molecule has 0 saturated carbocycles. The molecule has 0 radical (unpaired) electrons. The first kappa shape index (κ1) is 8.95. The van der Waals surface area contributed by atoms with Gasteiger partial charge in [0.25, 0.3) is 0 Å². The zero-order valence-corrected chi connectivity index (χ0v) is 8.95. The van der Waals surface area contributed by atoms with E-state index >= 15 is 0 Å². The van der Waals surface area contributed by atoms with Crippen molar-refractivity contribution in [1.29, 1.82) is 0 Å². The lowest BCUT2D eigenvalue weighted by atomic mass is 10.2. The summed E-state index contributed by atoms with van der Waals surface area (Å²) in [4.78, 5) is 1.54. The molecule has 2 heteroatoms. The van der Waals surface area contributed by atoms with Gasteiger partial charge < -0.3 is 5.32 Å². The van der Waals surface area contributed by atoms with Crippen LogP contribution in [0.15, 0.2) is 33.7 Å². The van der Waals surface area contributed by atoms with E-state index in [1.807, 2.05) is 11.8 Å². The summed E-state index contributed by atoms with van der Waals surface area (Å²) in [5.41, 5.74) is 1.48. The lowest BCUT2D eigenvalue weighted by Gasteiger charge is -2.21. The van der Waals surface area contributed by atoms with Gasteiger partial charge in [0.15, 0.2) is 0 Å². The summed E-state index contributed by atoms with van der Waals surface area (Å²) in [6.07, 6.45) is 7.91. The van der Waals surface area contributed by atoms with Crippen LogP contribution in [0.25, 0.3) is 0 Å². The van der Waals surface area contributed by atoms with Gasteiger partial charge in [0.2, 0.25) is 0 Å². The van der Waals surface area contributed by atoms with Crippen molar-refractivity contribution in [2.45, 2.75) is 20.3 Å². The van der Waals surface area contributed by atoms with Crippen LogP contribution < -0.4 is 5.32 Å². The van der Waals surface area contributed by atoms with Gasteiger partial charge in [-0.05, 0) is 12.0 Å². The Morgan fingerprint density at radius 1 is 1.69 bits per heavy atom. The molecule has 2 rings (SSSR count). The highest BCUT2D eigenvalue weighted by molar-refractivity contribution is 8.06. The first-order valence-corrected chi connectivity index (χ1v) is 5.66. The van der Waals surface area contributed by atoms with Crippen molar-refractivity contribution in [2.24, 2.45) is 5.92 Å². The van der Waals surface area contributed by atoms with Crippen LogP contribution in [-0.4, -0.2) is 6.54 Å². The normalized spacial score (nSPS) is 29.4. The molecule has 0 spiro atoms. The first-order chi connectivity index (χ1) is 6.31. The maximum Gasteiger partial charge on any atom is 0.0688 e. The topological polar surface area (TPSA) is 12.0 Å². The molecule has 1 atom stereocenters. The smallest absolute Gasteiger partial charge is 0.0688 e. The molecule has 0 aromatic rings. The SMILES string of the molecule is CC/C=C1\NCC2=C(S1)C(C)C=C2. The summed E-state index contributed by atoms with van der Waals surface area (Å²) in [6, 6.07) is 0. The van der Waals surface area contributed by atoms with E-state index in [0.29, 0.717) is 5.92 Å². The fourth-order valence-corrected chi connectivity index (χ4v) is 2.83. The van der Waals surface area contributed by atoms with Gasteiger partial charge >= 0.3 is 0 Å². The molecular weight excluding hydrogens is 178 g/mol. The first-order valence-electron chi connectivity index (χ1n) is 4.84. The maximum absolute atomic E-state index is 3.43. The summed E-state index contributed by atoms with van der Waals surface area (Å²) in [5, 5.41) is 4.76. The molecule has 13 heavy (non-hydrogen) atoms. The van der Waals surface area contributed by atoms with Gasteiger partial charge in [-0.25, -0.2) is 0 Å². The molecule has 0 saturated heterocycles. The number of hydrogen-bond acceptors (Lipinski definition) is 2. The minimum atomic E-state index is 0.627. The molecule has 2 aliphatic rings. The van der Waals surface area contributed by atoms with Crippen LogP contribution in [0.3, 0.4) is 0 Å². The van der Waals surface area contributed by atoms with E-state index in [-0.39, 0.29) is 0 Å². The Kier molecular flexibility index (Phi) is 2.49. The third-order valence-corrected chi connectivity index (χ3v) is 3.76. The van der Waals surface area contributed by atoms with Crippen LogP contribution >= 0.6 is 11.8 Å². The second kappa shape index (κ2) is 3.62. The highest BCUT2D eigenvalue weighted by Crippen LogP contribution is 2.40. The van der Waals surface area contributed by atoms with Gasteiger partial charge in [-0.3, -0.25) is 0 Å². The van der Waals surface area contributed by atoms with Crippen molar-refractivity contribution in [3.8, 4) is 0 Å². The van der Waals surface area contributed by atoms with E-state index in [1.54, 1.807) is 4.91 Å². The fourth-order valence-electron chi connectivity index (χ4n) is 1.66. The molecule has 1 heterocycles. The molecular formula is C11H15NS. The van der Waals surface area contributed by atoms with Crippen molar-refractivity contribution in [3.05, 3.63) is 33.7 Å². The number of hydrogen-bond donors (Lipinski definition) is 1. The van der Waals surface area contributed by atoms with Gasteiger partial charge in [0, 0.05) is 17.4 Å². The van der Waals surface area contributed by atoms with Crippen LogP contribution in [-0.2, 0) is 0 Å². The van der Waals surface area contributed by atoms with Gasteiger partial charge in [-0.2, -0.15) is 0 Å². The lowest BCUT2D eigenvalue weighted by molar-refractivity contribution is 0.883. The van der Waals surface area contributed by atoms with Crippen molar-refractivity contribution in [3.63, 3.8) is 0 Å².